The molecule has 6 nitrogen and oxygen atoms in total. The van der Waals surface area contributed by atoms with Crippen molar-refractivity contribution in [3.63, 3.8) is 0 Å². The third-order valence-electron chi connectivity index (χ3n) is 4.85. The first-order chi connectivity index (χ1) is 15.9. The van der Waals surface area contributed by atoms with Crippen LogP contribution in [-0.4, -0.2) is 36.9 Å². The lowest BCUT2D eigenvalue weighted by Gasteiger charge is -2.29. The first kappa shape index (κ1) is 28.2. The molecule has 180 valence electrons. The van der Waals surface area contributed by atoms with E-state index in [1.54, 1.807) is 6.08 Å². The second-order valence-electron chi connectivity index (χ2n) is 7.21. The van der Waals surface area contributed by atoms with Gasteiger partial charge >= 0.3 is 0 Å². The van der Waals surface area contributed by atoms with Crippen molar-refractivity contribution in [2.75, 3.05) is 36.8 Å². The lowest BCUT2D eigenvalue weighted by molar-refractivity contribution is 0.101. The van der Waals surface area contributed by atoms with Crippen LogP contribution in [0.25, 0.3) is 0 Å². The zero-order valence-corrected chi connectivity index (χ0v) is 21.0. The summed E-state index contributed by atoms with van der Waals surface area (Å²) in [5.41, 5.74) is 9.06. The summed E-state index contributed by atoms with van der Waals surface area (Å²) in [5, 5.41) is 4.15. The molecule has 2 heterocycles. The molecule has 1 aliphatic rings. The van der Waals surface area contributed by atoms with Crippen molar-refractivity contribution in [3.8, 4) is 0 Å². The van der Waals surface area contributed by atoms with Crippen LogP contribution in [0.1, 0.15) is 50.2 Å². The molecule has 1 saturated heterocycles. The Morgan fingerprint density at radius 2 is 1.88 bits per heavy atom. The molecule has 1 aliphatic heterocycles. The lowest BCUT2D eigenvalue weighted by atomic mass is 10.1. The minimum absolute atomic E-state index is 0.0280. The number of oxazole rings is 1. The number of ketones is 1. The number of nitrogens with one attached hydrogen (secondary N) is 1. The number of hydrogen-bond donors (Lipinski definition) is 2. The predicted molar refractivity (Wildman–Crippen MR) is 140 cm³/mol. The molecule has 0 bridgehead atoms. The summed E-state index contributed by atoms with van der Waals surface area (Å²) in [7, 11) is 0. The van der Waals surface area contributed by atoms with Crippen molar-refractivity contribution in [1.29, 1.82) is 0 Å². The lowest BCUT2D eigenvalue weighted by Crippen LogP contribution is -2.43. The highest BCUT2D eigenvalue weighted by Crippen LogP contribution is 2.17. The van der Waals surface area contributed by atoms with Crippen LogP contribution in [0.4, 0.5) is 11.7 Å². The van der Waals surface area contributed by atoms with E-state index in [2.05, 4.69) is 56.5 Å². The number of carbonyl (C=O) groups is 1. The number of aryl methyl sites for hydroxylation is 1. The monoisotopic (exact) mass is 472 g/mol. The van der Waals surface area contributed by atoms with E-state index in [1.807, 2.05) is 26.8 Å². The third kappa shape index (κ3) is 10.6. The number of anilines is 2. The van der Waals surface area contributed by atoms with E-state index in [-0.39, 0.29) is 17.5 Å². The fourth-order valence-electron chi connectivity index (χ4n) is 2.91. The smallest absolute Gasteiger partial charge is 0.292 e. The first-order valence-electron chi connectivity index (χ1n) is 11.3. The average molecular weight is 473 g/mol. The van der Waals surface area contributed by atoms with E-state index >= 15 is 0 Å². The Morgan fingerprint density at radius 3 is 2.36 bits per heavy atom. The molecule has 0 unspecified atom stereocenters. The summed E-state index contributed by atoms with van der Waals surface area (Å²) in [4.78, 5) is 16.5. The Morgan fingerprint density at radius 1 is 1.24 bits per heavy atom. The highest BCUT2D eigenvalue weighted by molar-refractivity contribution is 6.31. The van der Waals surface area contributed by atoms with Crippen molar-refractivity contribution >= 4 is 29.1 Å². The second kappa shape index (κ2) is 15.9. The van der Waals surface area contributed by atoms with Gasteiger partial charge in [0.1, 0.15) is 12.0 Å². The number of piperazine rings is 1. The van der Waals surface area contributed by atoms with Gasteiger partial charge in [0.05, 0.1) is 0 Å². The first-order valence-corrected chi connectivity index (χ1v) is 11.7. The molecule has 0 amide bonds. The molecule has 3 rings (SSSR count). The van der Waals surface area contributed by atoms with E-state index in [1.165, 1.54) is 24.4 Å². The van der Waals surface area contributed by atoms with Crippen LogP contribution >= 0.6 is 11.6 Å². The highest BCUT2D eigenvalue weighted by Gasteiger charge is 2.09. The fraction of sp³-hybridized carbons (Fsp3) is 0.385. The number of nitrogen functional groups attached to an aromatic ring is 1. The number of nitrogens with two attached hydrogens (primary N) is 1. The van der Waals surface area contributed by atoms with Crippen LogP contribution in [0.3, 0.4) is 0 Å². The van der Waals surface area contributed by atoms with Gasteiger partial charge in [-0.3, -0.25) is 4.79 Å². The van der Waals surface area contributed by atoms with E-state index in [0.717, 1.165) is 49.6 Å². The molecule has 33 heavy (non-hydrogen) atoms. The van der Waals surface area contributed by atoms with Gasteiger partial charge in [0, 0.05) is 43.8 Å². The Kier molecular flexibility index (Phi) is 13.6. The predicted octanol–water partition coefficient (Wildman–Crippen LogP) is 5.77. The van der Waals surface area contributed by atoms with Gasteiger partial charge in [0.2, 0.25) is 0 Å². The number of Topliss-reactive ketones (excluding diaryl/α,β-unsaturated/α-hetero) is 1. The average Bonchev–Trinajstić information content (AvgIpc) is 3.30. The molecule has 1 aromatic carbocycles. The number of rotatable bonds is 7. The van der Waals surface area contributed by atoms with E-state index in [4.69, 9.17) is 17.3 Å². The quantitative estimate of drug-likeness (QED) is 0.393. The minimum atomic E-state index is -0.143. The van der Waals surface area contributed by atoms with Gasteiger partial charge < -0.3 is 20.4 Å². The molecule has 0 aliphatic carbocycles. The van der Waals surface area contributed by atoms with Crippen LogP contribution in [0.15, 0.2) is 70.4 Å². The Hall–Kier alpha value is -2.83. The van der Waals surface area contributed by atoms with Crippen molar-refractivity contribution in [3.05, 3.63) is 77.2 Å². The molecule has 0 atom stereocenters. The van der Waals surface area contributed by atoms with Crippen LogP contribution in [0, 0.1) is 0 Å². The maximum Gasteiger partial charge on any atom is 0.292 e. The number of benzene rings is 1. The Bertz CT molecular complexity index is 911. The molecular weight excluding hydrogens is 436 g/mol. The molecular formula is C26H37ClN4O2. The van der Waals surface area contributed by atoms with Crippen molar-refractivity contribution in [2.45, 2.75) is 40.5 Å². The van der Waals surface area contributed by atoms with E-state index < -0.39 is 0 Å². The number of carbonyl (C=O) groups excluding carboxylic acids is 1. The summed E-state index contributed by atoms with van der Waals surface area (Å²) < 4.78 is 4.57. The zero-order chi connectivity index (χ0) is 24.6. The van der Waals surface area contributed by atoms with Crippen molar-refractivity contribution in [1.82, 2.24) is 10.3 Å². The maximum absolute atomic E-state index is 10.5. The fourth-order valence-corrected chi connectivity index (χ4v) is 3.08. The van der Waals surface area contributed by atoms with Gasteiger partial charge in [-0.2, -0.15) is 4.98 Å². The van der Waals surface area contributed by atoms with Gasteiger partial charge in [0.15, 0.2) is 5.78 Å². The zero-order valence-electron chi connectivity index (χ0n) is 20.2. The Balaban J connectivity index is 0.000000412. The molecule has 2 aromatic rings. The Labute approximate surface area is 203 Å². The normalized spacial score (nSPS) is 13.9. The largest absolute Gasteiger partial charge is 0.432 e. The number of hydrogen-bond acceptors (Lipinski definition) is 6. The molecule has 1 fully saturated rings. The standard InChI is InChI=1S/C19H25ClN2.C5H6N2O2.C2H6/c1-3-16(2)19(20)7-5-4-6-17-8-10-18(11-9-17)22-14-12-21-13-15-22;1-3(8)4-2-9-5(6)7-4;1-2/h3,5,7-11,21H,1,4,6,12-15H2,2H3;2H,1H3,(H2,6,7);1-2H3/b7-5-,19-16+;;. The summed E-state index contributed by atoms with van der Waals surface area (Å²) in [5.74, 6) is -0.143. The summed E-state index contributed by atoms with van der Waals surface area (Å²) in [6.45, 7) is 15.4. The van der Waals surface area contributed by atoms with Gasteiger partial charge in [-0.25, -0.2) is 0 Å². The summed E-state index contributed by atoms with van der Waals surface area (Å²) in [6.07, 6.45) is 9.13. The molecule has 1 aromatic heterocycles. The molecule has 0 saturated carbocycles. The number of allylic oxidation sites excluding steroid dienone is 5. The van der Waals surface area contributed by atoms with Crippen LogP contribution in [-0.2, 0) is 6.42 Å². The van der Waals surface area contributed by atoms with Gasteiger partial charge in [0.25, 0.3) is 6.01 Å². The van der Waals surface area contributed by atoms with Gasteiger partial charge in [-0.15, -0.1) is 0 Å². The van der Waals surface area contributed by atoms with Crippen LogP contribution in [0.2, 0.25) is 0 Å². The van der Waals surface area contributed by atoms with Crippen LogP contribution < -0.4 is 16.0 Å². The minimum Gasteiger partial charge on any atom is -0.432 e. The van der Waals surface area contributed by atoms with Crippen LogP contribution in [0.5, 0.6) is 0 Å². The van der Waals surface area contributed by atoms with Crippen molar-refractivity contribution in [2.24, 2.45) is 0 Å². The molecule has 7 heteroatoms. The summed E-state index contributed by atoms with van der Waals surface area (Å²) >= 11 is 6.13. The van der Waals surface area contributed by atoms with Crippen molar-refractivity contribution < 1.29 is 9.21 Å². The van der Waals surface area contributed by atoms with E-state index in [9.17, 15) is 4.79 Å². The number of aromatic nitrogens is 1. The molecule has 0 spiro atoms. The highest BCUT2D eigenvalue weighted by atomic mass is 35.5. The second-order valence-corrected chi connectivity index (χ2v) is 7.61. The van der Waals surface area contributed by atoms with Gasteiger partial charge in [-0.05, 0) is 49.1 Å². The maximum atomic E-state index is 10.5. The summed E-state index contributed by atoms with van der Waals surface area (Å²) in [6, 6.07) is 8.97. The number of halogens is 1. The third-order valence-corrected chi connectivity index (χ3v) is 5.27. The molecule has 0 radical (unpaired) electrons. The SMILES string of the molecule is C=C/C(C)=C(Cl)\C=C/CCc1ccc(N2CCNCC2)cc1.CC.CC(=O)c1coc(N)n1. The topological polar surface area (TPSA) is 84.4 Å². The number of nitrogens with zero attached hydrogens (tertiary/aromatic N) is 2. The van der Waals surface area contributed by atoms with E-state index in [0.29, 0.717) is 0 Å². The molecule has 3 N–H and O–H groups in total. The van der Waals surface area contributed by atoms with Gasteiger partial charge in [-0.1, -0.05) is 56.3 Å².